The first-order valence-electron chi connectivity index (χ1n) is 6.23. The summed E-state index contributed by atoms with van der Waals surface area (Å²) >= 11 is 3.41. The molecule has 0 spiro atoms. The number of anilines is 2. The van der Waals surface area contributed by atoms with E-state index in [1.54, 1.807) is 19.2 Å². The Labute approximate surface area is 126 Å². The number of halogens is 1. The number of benzene rings is 1. The molecule has 1 aromatic heterocycles. The minimum Gasteiger partial charge on any atom is -0.373 e. The normalized spacial score (nSPS) is 10.2. The predicted octanol–water partition coefficient (Wildman–Crippen LogP) is 3.75. The lowest BCUT2D eigenvalue weighted by Gasteiger charge is -2.10. The average molecular weight is 334 g/mol. The molecule has 0 aliphatic rings. The van der Waals surface area contributed by atoms with Crippen LogP contribution < -0.4 is 10.6 Å². The zero-order valence-electron chi connectivity index (χ0n) is 11.6. The molecule has 4 nitrogen and oxygen atoms in total. The molecule has 104 valence electrons. The number of nitrogens with one attached hydrogen (secondary N) is 2. The molecule has 0 bridgehead atoms. The van der Waals surface area contributed by atoms with E-state index >= 15 is 0 Å². The molecule has 0 aliphatic heterocycles. The number of amides is 1. The van der Waals surface area contributed by atoms with Gasteiger partial charge in [0.25, 0.3) is 5.91 Å². The average Bonchev–Trinajstić information content (AvgIpc) is 2.41. The minimum absolute atomic E-state index is 0.141. The Hall–Kier alpha value is -1.88. The van der Waals surface area contributed by atoms with Crippen LogP contribution in [0.5, 0.6) is 0 Å². The summed E-state index contributed by atoms with van der Waals surface area (Å²) in [6.07, 6.45) is 0. The Bertz CT molecular complexity index is 656. The molecule has 2 N–H and O–H groups in total. The molecule has 5 heteroatoms. The zero-order valence-corrected chi connectivity index (χ0v) is 13.2. The second-order valence-electron chi connectivity index (χ2n) is 4.55. The van der Waals surface area contributed by atoms with Crippen molar-refractivity contribution >= 4 is 33.3 Å². The number of nitrogens with zero attached hydrogens (tertiary/aromatic N) is 1. The fraction of sp³-hybridized carbons (Fsp3) is 0.200. The van der Waals surface area contributed by atoms with Gasteiger partial charge in [-0.25, -0.2) is 4.98 Å². The number of hydrogen-bond donors (Lipinski definition) is 2. The standard InChI is InChI=1S/C15H16BrN3O/c1-9-6-12(16)4-5-13(9)19-15(20)11-7-10(2)18-14(8-11)17-3/h4-8H,1-3H3,(H,17,18)(H,19,20). The Balaban J connectivity index is 2.26. The van der Waals surface area contributed by atoms with Gasteiger partial charge in [-0.05, 0) is 49.7 Å². The molecule has 2 aromatic rings. The van der Waals surface area contributed by atoms with E-state index in [1.165, 1.54) is 0 Å². The van der Waals surface area contributed by atoms with Crippen molar-refractivity contribution in [2.45, 2.75) is 13.8 Å². The van der Waals surface area contributed by atoms with Crippen LogP contribution in [0, 0.1) is 13.8 Å². The molecule has 0 radical (unpaired) electrons. The van der Waals surface area contributed by atoms with Gasteiger partial charge in [-0.1, -0.05) is 15.9 Å². The van der Waals surface area contributed by atoms with Crippen LogP contribution in [-0.4, -0.2) is 17.9 Å². The highest BCUT2D eigenvalue weighted by Gasteiger charge is 2.10. The number of pyridine rings is 1. The number of carbonyl (C=O) groups is 1. The number of aromatic nitrogens is 1. The van der Waals surface area contributed by atoms with E-state index < -0.39 is 0 Å². The van der Waals surface area contributed by atoms with Gasteiger partial charge in [0.1, 0.15) is 5.82 Å². The van der Waals surface area contributed by atoms with Gasteiger partial charge in [0.15, 0.2) is 0 Å². The van der Waals surface area contributed by atoms with E-state index in [2.05, 4.69) is 31.5 Å². The van der Waals surface area contributed by atoms with Crippen molar-refractivity contribution in [1.82, 2.24) is 4.98 Å². The summed E-state index contributed by atoms with van der Waals surface area (Å²) in [6, 6.07) is 9.25. The van der Waals surface area contributed by atoms with Crippen LogP contribution >= 0.6 is 15.9 Å². The quantitative estimate of drug-likeness (QED) is 0.899. The lowest BCUT2D eigenvalue weighted by molar-refractivity contribution is 0.102. The molecule has 0 saturated carbocycles. The lowest BCUT2D eigenvalue weighted by Crippen LogP contribution is -2.13. The second-order valence-corrected chi connectivity index (χ2v) is 5.46. The van der Waals surface area contributed by atoms with Crippen molar-refractivity contribution < 1.29 is 4.79 Å². The Morgan fingerprint density at radius 1 is 1.20 bits per heavy atom. The van der Waals surface area contributed by atoms with Crippen LogP contribution in [0.1, 0.15) is 21.6 Å². The first-order valence-corrected chi connectivity index (χ1v) is 7.03. The van der Waals surface area contributed by atoms with Crippen LogP contribution in [0.3, 0.4) is 0 Å². The highest BCUT2D eigenvalue weighted by atomic mass is 79.9. The number of rotatable bonds is 3. The van der Waals surface area contributed by atoms with Gasteiger partial charge in [0.2, 0.25) is 0 Å². The monoisotopic (exact) mass is 333 g/mol. The zero-order chi connectivity index (χ0) is 14.7. The van der Waals surface area contributed by atoms with Crippen molar-refractivity contribution in [3.8, 4) is 0 Å². The van der Waals surface area contributed by atoms with Gasteiger partial charge in [0, 0.05) is 28.5 Å². The molecule has 1 amide bonds. The SMILES string of the molecule is CNc1cc(C(=O)Nc2ccc(Br)cc2C)cc(C)n1. The third-order valence-electron chi connectivity index (χ3n) is 2.91. The van der Waals surface area contributed by atoms with E-state index in [1.807, 2.05) is 32.0 Å². The van der Waals surface area contributed by atoms with Crippen LogP contribution in [0.15, 0.2) is 34.8 Å². The second kappa shape index (κ2) is 6.05. The lowest BCUT2D eigenvalue weighted by atomic mass is 10.1. The van der Waals surface area contributed by atoms with E-state index in [4.69, 9.17) is 0 Å². The Morgan fingerprint density at radius 3 is 2.60 bits per heavy atom. The fourth-order valence-corrected chi connectivity index (χ4v) is 2.37. The van der Waals surface area contributed by atoms with Gasteiger partial charge < -0.3 is 10.6 Å². The minimum atomic E-state index is -0.141. The fourth-order valence-electron chi connectivity index (χ4n) is 1.89. The van der Waals surface area contributed by atoms with Gasteiger partial charge in [0.05, 0.1) is 0 Å². The third-order valence-corrected chi connectivity index (χ3v) is 3.40. The summed E-state index contributed by atoms with van der Waals surface area (Å²) in [4.78, 5) is 16.6. The van der Waals surface area contributed by atoms with Gasteiger partial charge in [-0.15, -0.1) is 0 Å². The van der Waals surface area contributed by atoms with Crippen LogP contribution in [-0.2, 0) is 0 Å². The van der Waals surface area contributed by atoms with Gasteiger partial charge in [-0.2, -0.15) is 0 Å². The first-order chi connectivity index (χ1) is 9.49. The van der Waals surface area contributed by atoms with Crippen molar-refractivity contribution in [3.05, 3.63) is 51.6 Å². The van der Waals surface area contributed by atoms with Gasteiger partial charge >= 0.3 is 0 Å². The largest absolute Gasteiger partial charge is 0.373 e. The molecule has 1 heterocycles. The topological polar surface area (TPSA) is 54.0 Å². The molecule has 0 aliphatic carbocycles. The van der Waals surface area contributed by atoms with Crippen molar-refractivity contribution in [3.63, 3.8) is 0 Å². The number of carbonyl (C=O) groups excluding carboxylic acids is 1. The van der Waals surface area contributed by atoms with Crippen LogP contribution in [0.2, 0.25) is 0 Å². The highest BCUT2D eigenvalue weighted by molar-refractivity contribution is 9.10. The van der Waals surface area contributed by atoms with E-state index in [9.17, 15) is 4.79 Å². The highest BCUT2D eigenvalue weighted by Crippen LogP contribution is 2.21. The summed E-state index contributed by atoms with van der Waals surface area (Å²) < 4.78 is 0.991. The third kappa shape index (κ3) is 3.36. The molecule has 0 atom stereocenters. The molecule has 20 heavy (non-hydrogen) atoms. The molecular weight excluding hydrogens is 318 g/mol. The number of aryl methyl sites for hydroxylation is 2. The maximum Gasteiger partial charge on any atom is 0.255 e. The van der Waals surface area contributed by atoms with Gasteiger partial charge in [-0.3, -0.25) is 4.79 Å². The Morgan fingerprint density at radius 2 is 1.95 bits per heavy atom. The van der Waals surface area contributed by atoms with Crippen molar-refractivity contribution in [1.29, 1.82) is 0 Å². The first kappa shape index (κ1) is 14.5. The summed E-state index contributed by atoms with van der Waals surface area (Å²) in [6.45, 7) is 3.82. The molecule has 0 saturated heterocycles. The molecule has 0 unspecified atom stereocenters. The van der Waals surface area contributed by atoms with E-state index in [0.29, 0.717) is 11.4 Å². The Kier molecular flexibility index (Phi) is 4.39. The molecule has 1 aromatic carbocycles. The van der Waals surface area contributed by atoms with E-state index in [0.717, 1.165) is 21.4 Å². The van der Waals surface area contributed by atoms with Crippen LogP contribution in [0.4, 0.5) is 11.5 Å². The predicted molar refractivity (Wildman–Crippen MR) is 85.4 cm³/mol. The summed E-state index contributed by atoms with van der Waals surface area (Å²) in [7, 11) is 1.78. The summed E-state index contributed by atoms with van der Waals surface area (Å²) in [5, 5.41) is 5.87. The van der Waals surface area contributed by atoms with E-state index in [-0.39, 0.29) is 5.91 Å². The maximum atomic E-state index is 12.3. The van der Waals surface area contributed by atoms with Crippen LogP contribution in [0.25, 0.3) is 0 Å². The summed E-state index contributed by atoms with van der Waals surface area (Å²) in [5.41, 5.74) is 3.20. The maximum absolute atomic E-state index is 12.3. The number of hydrogen-bond acceptors (Lipinski definition) is 3. The van der Waals surface area contributed by atoms with Crippen molar-refractivity contribution in [2.24, 2.45) is 0 Å². The molecule has 0 fully saturated rings. The summed E-state index contributed by atoms with van der Waals surface area (Å²) in [5.74, 6) is 0.542. The smallest absolute Gasteiger partial charge is 0.255 e. The van der Waals surface area contributed by atoms with Crippen molar-refractivity contribution in [2.75, 3.05) is 17.7 Å². The molecule has 2 rings (SSSR count). The molecular formula is C15H16BrN3O.